The molecule has 76 valence electrons. The first kappa shape index (κ1) is 9.73. The average Bonchev–Trinajstić information content (AvgIpc) is 2.66. The highest BCUT2D eigenvalue weighted by Crippen LogP contribution is 2.21. The summed E-state index contributed by atoms with van der Waals surface area (Å²) < 4.78 is 0.857. The normalized spacial score (nSPS) is 10.2. The molecule has 0 atom stereocenters. The molecule has 1 heterocycles. The molecule has 4 nitrogen and oxygen atoms in total. The van der Waals surface area contributed by atoms with Gasteiger partial charge in [0.1, 0.15) is 0 Å². The van der Waals surface area contributed by atoms with Gasteiger partial charge in [-0.2, -0.15) is 9.78 Å². The zero-order chi connectivity index (χ0) is 10.8. The fourth-order valence-electron chi connectivity index (χ4n) is 1.24. The molecule has 0 fully saturated rings. The Kier molecular flexibility index (Phi) is 2.43. The molecular weight excluding hydrogens is 216 g/mol. The number of carboxylic acid groups (broad SMARTS) is 1. The Labute approximate surface area is 90.7 Å². The third kappa shape index (κ3) is 1.99. The molecule has 0 aliphatic heterocycles. The van der Waals surface area contributed by atoms with E-state index in [0.29, 0.717) is 5.02 Å². The fraction of sp³-hybridized carbons (Fsp3) is 0. The van der Waals surface area contributed by atoms with Gasteiger partial charge >= 0.3 is 6.09 Å². The number of rotatable bonds is 1. The van der Waals surface area contributed by atoms with E-state index >= 15 is 0 Å². The Balaban J connectivity index is 2.41. The number of hydrogen-bond acceptors (Lipinski definition) is 2. The minimum absolute atomic E-state index is 0.607. The van der Waals surface area contributed by atoms with Gasteiger partial charge in [-0.05, 0) is 17.7 Å². The highest BCUT2D eigenvalue weighted by atomic mass is 35.5. The average molecular weight is 223 g/mol. The smallest absolute Gasteiger partial charge is 0.432 e. The summed E-state index contributed by atoms with van der Waals surface area (Å²) in [6.07, 6.45) is 1.82. The molecule has 0 spiro atoms. The summed E-state index contributed by atoms with van der Waals surface area (Å²) in [5.74, 6) is 0. The molecule has 5 heteroatoms. The van der Waals surface area contributed by atoms with Gasteiger partial charge in [0.05, 0.1) is 6.20 Å². The van der Waals surface area contributed by atoms with E-state index in [2.05, 4.69) is 5.10 Å². The summed E-state index contributed by atoms with van der Waals surface area (Å²) in [5.41, 5.74) is 1.56. The predicted molar refractivity (Wildman–Crippen MR) is 56.1 cm³/mol. The molecule has 2 rings (SSSR count). The van der Waals surface area contributed by atoms with E-state index in [4.69, 9.17) is 16.7 Å². The highest BCUT2D eigenvalue weighted by Gasteiger charge is 2.05. The van der Waals surface area contributed by atoms with Crippen molar-refractivity contribution in [2.45, 2.75) is 0 Å². The van der Waals surface area contributed by atoms with Crippen molar-refractivity contribution in [2.75, 3.05) is 0 Å². The molecule has 0 bridgehead atoms. The van der Waals surface area contributed by atoms with Gasteiger partial charge in [-0.25, -0.2) is 4.79 Å². The van der Waals surface area contributed by atoms with Crippen molar-refractivity contribution in [2.24, 2.45) is 0 Å². The van der Waals surface area contributed by atoms with E-state index in [0.717, 1.165) is 15.8 Å². The van der Waals surface area contributed by atoms with Gasteiger partial charge in [-0.3, -0.25) is 0 Å². The first-order chi connectivity index (χ1) is 7.16. The Morgan fingerprint density at radius 2 is 2.20 bits per heavy atom. The number of aromatic nitrogens is 2. The van der Waals surface area contributed by atoms with Crippen LogP contribution in [0.15, 0.2) is 36.7 Å². The summed E-state index contributed by atoms with van der Waals surface area (Å²) in [4.78, 5) is 10.6. The largest absolute Gasteiger partial charge is 0.463 e. The Hall–Kier alpha value is -1.81. The molecule has 0 saturated carbocycles. The molecular formula is C10H7ClN2O2. The molecule has 1 aromatic carbocycles. The highest BCUT2D eigenvalue weighted by molar-refractivity contribution is 6.30. The molecule has 2 aromatic rings. The maximum atomic E-state index is 10.6. The Bertz CT molecular complexity index is 508. The van der Waals surface area contributed by atoms with Crippen LogP contribution >= 0.6 is 11.6 Å². The topological polar surface area (TPSA) is 55.1 Å². The fourth-order valence-corrected chi connectivity index (χ4v) is 1.43. The molecule has 1 N–H and O–H groups in total. The zero-order valence-electron chi connectivity index (χ0n) is 7.59. The lowest BCUT2D eigenvalue weighted by atomic mass is 10.1. The molecule has 15 heavy (non-hydrogen) atoms. The van der Waals surface area contributed by atoms with Gasteiger partial charge < -0.3 is 5.11 Å². The van der Waals surface area contributed by atoms with Crippen LogP contribution in [0.1, 0.15) is 0 Å². The van der Waals surface area contributed by atoms with E-state index in [1.165, 1.54) is 12.4 Å². The van der Waals surface area contributed by atoms with Crippen LogP contribution in [-0.4, -0.2) is 21.0 Å². The first-order valence-corrected chi connectivity index (χ1v) is 4.58. The van der Waals surface area contributed by atoms with E-state index < -0.39 is 6.09 Å². The van der Waals surface area contributed by atoms with Crippen molar-refractivity contribution in [3.05, 3.63) is 41.7 Å². The van der Waals surface area contributed by atoms with Crippen LogP contribution in [0.4, 0.5) is 4.79 Å². The van der Waals surface area contributed by atoms with Crippen molar-refractivity contribution in [3.8, 4) is 11.1 Å². The molecule has 0 amide bonds. The first-order valence-electron chi connectivity index (χ1n) is 4.21. The number of nitrogens with zero attached hydrogens (tertiary/aromatic N) is 2. The van der Waals surface area contributed by atoms with E-state index in [1.54, 1.807) is 18.2 Å². The monoisotopic (exact) mass is 222 g/mol. The van der Waals surface area contributed by atoms with Crippen LogP contribution in [0.3, 0.4) is 0 Å². The minimum atomic E-state index is -1.11. The van der Waals surface area contributed by atoms with Crippen LogP contribution < -0.4 is 0 Å². The standard InChI is InChI=1S/C10H7ClN2O2/c11-9-3-1-2-7(4-9)8-5-12-13(6-8)10(14)15/h1-6H,(H,14,15). The summed E-state index contributed by atoms with van der Waals surface area (Å²) >= 11 is 5.82. The maximum Gasteiger partial charge on any atom is 0.432 e. The lowest BCUT2D eigenvalue weighted by molar-refractivity contribution is 0.192. The predicted octanol–water partition coefficient (Wildman–Crippen LogP) is 2.73. The quantitative estimate of drug-likeness (QED) is 0.807. The second-order valence-corrected chi connectivity index (χ2v) is 3.40. The maximum absolute atomic E-state index is 10.6. The van der Waals surface area contributed by atoms with Crippen molar-refractivity contribution < 1.29 is 9.90 Å². The van der Waals surface area contributed by atoms with Crippen molar-refractivity contribution >= 4 is 17.7 Å². The second-order valence-electron chi connectivity index (χ2n) is 2.97. The van der Waals surface area contributed by atoms with Crippen LogP contribution in [0.2, 0.25) is 5.02 Å². The van der Waals surface area contributed by atoms with Crippen molar-refractivity contribution in [1.29, 1.82) is 0 Å². The van der Waals surface area contributed by atoms with Crippen molar-refractivity contribution in [1.82, 2.24) is 9.78 Å². The lowest BCUT2D eigenvalue weighted by Crippen LogP contribution is -2.07. The van der Waals surface area contributed by atoms with Gasteiger partial charge in [-0.1, -0.05) is 23.7 Å². The summed E-state index contributed by atoms with van der Waals surface area (Å²) in [6, 6.07) is 7.16. The van der Waals surface area contributed by atoms with Crippen LogP contribution in [-0.2, 0) is 0 Å². The molecule has 1 aromatic heterocycles. The zero-order valence-corrected chi connectivity index (χ0v) is 8.35. The van der Waals surface area contributed by atoms with Crippen LogP contribution in [0.25, 0.3) is 11.1 Å². The van der Waals surface area contributed by atoms with Gasteiger partial charge in [0, 0.05) is 16.8 Å². The Morgan fingerprint density at radius 3 is 2.80 bits per heavy atom. The molecule has 0 saturated heterocycles. The van der Waals surface area contributed by atoms with Crippen LogP contribution in [0.5, 0.6) is 0 Å². The minimum Gasteiger partial charge on any atom is -0.463 e. The summed E-state index contributed by atoms with van der Waals surface area (Å²) in [5, 5.41) is 13.0. The van der Waals surface area contributed by atoms with Crippen LogP contribution in [0, 0.1) is 0 Å². The van der Waals surface area contributed by atoms with E-state index in [1.807, 2.05) is 6.07 Å². The number of halogens is 1. The van der Waals surface area contributed by atoms with Gasteiger partial charge in [-0.15, -0.1) is 0 Å². The molecule has 0 radical (unpaired) electrons. The number of benzene rings is 1. The summed E-state index contributed by atoms with van der Waals surface area (Å²) in [6.45, 7) is 0. The number of carbonyl (C=O) groups is 1. The van der Waals surface area contributed by atoms with Crippen molar-refractivity contribution in [3.63, 3.8) is 0 Å². The van der Waals surface area contributed by atoms with Gasteiger partial charge in [0.25, 0.3) is 0 Å². The molecule has 0 aliphatic carbocycles. The van der Waals surface area contributed by atoms with Gasteiger partial charge in [0.15, 0.2) is 0 Å². The molecule has 0 unspecified atom stereocenters. The lowest BCUT2D eigenvalue weighted by Gasteiger charge is -1.96. The van der Waals surface area contributed by atoms with Gasteiger partial charge in [0.2, 0.25) is 0 Å². The SMILES string of the molecule is O=C(O)n1cc(-c2cccc(Cl)c2)cn1. The summed E-state index contributed by atoms with van der Waals surface area (Å²) in [7, 11) is 0. The van der Waals surface area contributed by atoms with E-state index in [9.17, 15) is 4.79 Å². The third-order valence-corrected chi connectivity index (χ3v) is 2.17. The van der Waals surface area contributed by atoms with E-state index in [-0.39, 0.29) is 0 Å². The number of hydrogen-bond donors (Lipinski definition) is 1. The second kappa shape index (κ2) is 3.74. The third-order valence-electron chi connectivity index (χ3n) is 1.94. The Morgan fingerprint density at radius 1 is 1.40 bits per heavy atom. The molecule has 0 aliphatic rings.